The normalized spacial score (nSPS) is 24.3. The van der Waals surface area contributed by atoms with Crippen LogP contribution in [-0.4, -0.2) is 24.5 Å². The average molecular weight is 236 g/mol. The second-order valence-corrected chi connectivity index (χ2v) is 5.29. The smallest absolute Gasteiger partial charge is 0.402 e. The molecule has 0 atom stereocenters. The maximum atomic E-state index is 12.5. The van der Waals surface area contributed by atoms with Crippen molar-refractivity contribution in [3.63, 3.8) is 0 Å². The Balaban J connectivity index is 2.87. The molecule has 1 heterocycles. The molecule has 0 bridgehead atoms. The lowest BCUT2D eigenvalue weighted by molar-refractivity contribution is -0.107. The van der Waals surface area contributed by atoms with Gasteiger partial charge in [0.25, 0.3) is 0 Å². The Bertz CT molecular complexity index is 281. The Morgan fingerprint density at radius 2 is 1.50 bits per heavy atom. The number of alkyl halides is 3. The molecule has 0 aromatic rings. The lowest BCUT2D eigenvalue weighted by Crippen LogP contribution is -2.53. The van der Waals surface area contributed by atoms with Gasteiger partial charge in [-0.2, -0.15) is 13.2 Å². The van der Waals surface area contributed by atoms with E-state index in [1.165, 1.54) is 0 Å². The second-order valence-electron chi connectivity index (χ2n) is 5.29. The van der Waals surface area contributed by atoms with Gasteiger partial charge in [0.05, 0.1) is 16.7 Å². The van der Waals surface area contributed by atoms with Gasteiger partial charge < -0.3 is 9.31 Å². The highest BCUT2D eigenvalue weighted by Gasteiger charge is 2.50. The minimum absolute atomic E-state index is 0.529. The van der Waals surface area contributed by atoms with Crippen LogP contribution < -0.4 is 0 Å². The molecule has 6 heteroatoms. The minimum Gasteiger partial charge on any atom is -0.402 e. The molecule has 0 saturated carbocycles. The summed E-state index contributed by atoms with van der Waals surface area (Å²) in [6.07, 6.45) is -3.96. The zero-order valence-electron chi connectivity index (χ0n) is 9.94. The molecule has 16 heavy (non-hydrogen) atoms. The molecular formula is C10H16BF3O2. The maximum absolute atomic E-state index is 12.5. The first kappa shape index (κ1) is 13.6. The molecule has 0 spiro atoms. The van der Waals surface area contributed by atoms with Crippen molar-refractivity contribution in [1.82, 2.24) is 0 Å². The van der Waals surface area contributed by atoms with Gasteiger partial charge in [0.1, 0.15) is 0 Å². The Morgan fingerprint density at radius 1 is 1.12 bits per heavy atom. The van der Waals surface area contributed by atoms with E-state index < -0.39 is 30.0 Å². The van der Waals surface area contributed by atoms with Crippen molar-refractivity contribution in [3.05, 3.63) is 12.1 Å². The number of halogens is 3. The zero-order valence-corrected chi connectivity index (χ0v) is 9.94. The number of allylic oxidation sites excluding steroid dienone is 1. The van der Waals surface area contributed by atoms with Crippen LogP contribution in [0.3, 0.4) is 0 Å². The van der Waals surface area contributed by atoms with Crippen molar-refractivity contribution in [2.75, 3.05) is 0 Å². The Labute approximate surface area is 93.9 Å². The van der Waals surface area contributed by atoms with E-state index >= 15 is 0 Å². The van der Waals surface area contributed by atoms with Crippen molar-refractivity contribution >= 4 is 7.12 Å². The van der Waals surface area contributed by atoms with Crippen LogP contribution in [0.2, 0.25) is 0 Å². The van der Waals surface area contributed by atoms with Gasteiger partial charge in [0, 0.05) is 6.42 Å². The summed E-state index contributed by atoms with van der Waals surface area (Å²) in [6, 6.07) is 0. The SMILES string of the molecule is C=C(B1OC(C)(C)CC(C)(C)O1)C(F)(F)F. The van der Waals surface area contributed by atoms with Gasteiger partial charge in [-0.15, -0.1) is 0 Å². The Kier molecular flexibility index (Phi) is 3.20. The molecule has 1 rings (SSSR count). The average Bonchev–Trinajstić information content (AvgIpc) is 1.94. The van der Waals surface area contributed by atoms with Crippen LogP contribution in [0, 0.1) is 0 Å². The van der Waals surface area contributed by atoms with Crippen LogP contribution in [-0.2, 0) is 9.31 Å². The Morgan fingerprint density at radius 3 is 1.81 bits per heavy atom. The van der Waals surface area contributed by atoms with Crippen LogP contribution in [0.4, 0.5) is 13.2 Å². The van der Waals surface area contributed by atoms with Gasteiger partial charge in [-0.1, -0.05) is 6.58 Å². The van der Waals surface area contributed by atoms with Crippen molar-refractivity contribution in [2.45, 2.75) is 51.5 Å². The van der Waals surface area contributed by atoms with E-state index in [9.17, 15) is 13.2 Å². The van der Waals surface area contributed by atoms with Crippen LogP contribution in [0.1, 0.15) is 34.1 Å². The van der Waals surface area contributed by atoms with E-state index in [0.29, 0.717) is 6.42 Å². The monoisotopic (exact) mass is 236 g/mol. The van der Waals surface area contributed by atoms with Gasteiger partial charge in [0.2, 0.25) is 0 Å². The molecule has 2 nitrogen and oxygen atoms in total. The molecule has 0 aromatic heterocycles. The van der Waals surface area contributed by atoms with E-state index in [1.807, 2.05) is 0 Å². The standard InChI is InChI=1S/C10H16BF3O2/c1-7(10(12,13)14)11-15-8(2,3)6-9(4,5)16-11/h1,6H2,2-5H3. The zero-order chi connectivity index (χ0) is 12.8. The summed E-state index contributed by atoms with van der Waals surface area (Å²) in [5.74, 6) is 0. The largest absolute Gasteiger partial charge is 0.498 e. The molecule has 1 fully saturated rings. The van der Waals surface area contributed by atoms with Gasteiger partial charge >= 0.3 is 13.3 Å². The molecule has 0 radical (unpaired) electrons. The fourth-order valence-electron chi connectivity index (χ4n) is 1.99. The first-order valence-corrected chi connectivity index (χ1v) is 5.05. The summed E-state index contributed by atoms with van der Waals surface area (Å²) in [6.45, 7) is 9.98. The quantitative estimate of drug-likeness (QED) is 0.651. The molecule has 92 valence electrons. The lowest BCUT2D eigenvalue weighted by atomic mass is 9.72. The van der Waals surface area contributed by atoms with Gasteiger partial charge in [-0.3, -0.25) is 0 Å². The van der Waals surface area contributed by atoms with Gasteiger partial charge in [-0.05, 0) is 27.7 Å². The predicted octanol–water partition coefficient (Wildman–Crippen LogP) is 3.13. The molecule has 0 amide bonds. The molecule has 0 aliphatic carbocycles. The first-order chi connectivity index (χ1) is 6.93. The topological polar surface area (TPSA) is 18.5 Å². The fourth-order valence-corrected chi connectivity index (χ4v) is 1.99. The van der Waals surface area contributed by atoms with Crippen LogP contribution >= 0.6 is 0 Å². The molecule has 0 aromatic carbocycles. The highest BCUT2D eigenvalue weighted by molar-refractivity contribution is 6.54. The summed E-state index contributed by atoms with van der Waals surface area (Å²) in [4.78, 5) is 0. The van der Waals surface area contributed by atoms with Gasteiger partial charge in [-0.25, -0.2) is 0 Å². The van der Waals surface area contributed by atoms with Crippen LogP contribution in [0.25, 0.3) is 0 Å². The van der Waals surface area contributed by atoms with Crippen molar-refractivity contribution in [2.24, 2.45) is 0 Å². The highest BCUT2D eigenvalue weighted by atomic mass is 19.4. The Hall–Kier alpha value is -0.485. The number of hydrogen-bond donors (Lipinski definition) is 0. The second kappa shape index (κ2) is 3.77. The van der Waals surface area contributed by atoms with E-state index in [4.69, 9.17) is 9.31 Å². The lowest BCUT2D eigenvalue weighted by Gasteiger charge is -2.44. The van der Waals surface area contributed by atoms with E-state index in [-0.39, 0.29) is 0 Å². The molecule has 1 aliphatic heterocycles. The summed E-state index contributed by atoms with van der Waals surface area (Å²) in [5.41, 5.74) is -2.30. The van der Waals surface area contributed by atoms with E-state index in [0.717, 1.165) is 0 Å². The third kappa shape index (κ3) is 3.25. The van der Waals surface area contributed by atoms with Crippen molar-refractivity contribution in [1.29, 1.82) is 0 Å². The third-order valence-electron chi connectivity index (χ3n) is 2.35. The molecular weight excluding hydrogens is 220 g/mol. The summed E-state index contributed by atoms with van der Waals surface area (Å²) >= 11 is 0. The molecule has 0 unspecified atom stereocenters. The first-order valence-electron chi connectivity index (χ1n) is 5.05. The van der Waals surface area contributed by atoms with Crippen molar-refractivity contribution in [3.8, 4) is 0 Å². The molecule has 0 N–H and O–H groups in total. The van der Waals surface area contributed by atoms with Gasteiger partial charge in [0.15, 0.2) is 0 Å². The fraction of sp³-hybridized carbons (Fsp3) is 0.800. The third-order valence-corrected chi connectivity index (χ3v) is 2.35. The summed E-state index contributed by atoms with van der Waals surface area (Å²) in [7, 11) is -1.42. The van der Waals surface area contributed by atoms with E-state index in [1.54, 1.807) is 27.7 Å². The van der Waals surface area contributed by atoms with E-state index in [2.05, 4.69) is 6.58 Å². The summed E-state index contributed by atoms with van der Waals surface area (Å²) in [5, 5.41) is 0. The minimum atomic E-state index is -4.49. The molecule has 1 aliphatic rings. The number of hydrogen-bond acceptors (Lipinski definition) is 2. The number of rotatable bonds is 1. The maximum Gasteiger partial charge on any atom is 0.498 e. The summed E-state index contributed by atoms with van der Waals surface area (Å²) < 4.78 is 47.9. The van der Waals surface area contributed by atoms with Crippen LogP contribution in [0.15, 0.2) is 12.1 Å². The van der Waals surface area contributed by atoms with Crippen LogP contribution in [0.5, 0.6) is 0 Å². The van der Waals surface area contributed by atoms with Crippen molar-refractivity contribution < 1.29 is 22.5 Å². The highest BCUT2D eigenvalue weighted by Crippen LogP contribution is 2.38. The predicted molar refractivity (Wildman–Crippen MR) is 55.9 cm³/mol. The molecule has 1 saturated heterocycles.